The number of rotatable bonds is 6. The molecule has 5 aromatic rings. The fourth-order valence-electron chi connectivity index (χ4n) is 4.70. The zero-order valence-electron chi connectivity index (χ0n) is 20.0. The second-order valence-corrected chi connectivity index (χ2v) is 10.2. The molecular weight excluding hydrogens is 502 g/mol. The highest BCUT2D eigenvalue weighted by Crippen LogP contribution is 2.27. The van der Waals surface area contributed by atoms with Gasteiger partial charge < -0.3 is 19.6 Å². The van der Waals surface area contributed by atoms with E-state index in [0.717, 1.165) is 18.1 Å². The molecular formula is C24H24F2N8O2S. The van der Waals surface area contributed by atoms with E-state index in [1.165, 1.54) is 12.3 Å². The maximum absolute atomic E-state index is 14.4. The molecule has 6 rings (SSSR count). The first-order chi connectivity index (χ1) is 17.9. The zero-order chi connectivity index (χ0) is 25.7. The number of imidazole rings is 1. The molecule has 4 aromatic heterocycles. The summed E-state index contributed by atoms with van der Waals surface area (Å²) in [5.41, 5.74) is 9.24. The molecule has 0 bridgehead atoms. The summed E-state index contributed by atoms with van der Waals surface area (Å²) >= 11 is 0. The number of benzene rings is 1. The van der Waals surface area contributed by atoms with Crippen molar-refractivity contribution in [2.45, 2.75) is 11.4 Å². The highest BCUT2D eigenvalue weighted by molar-refractivity contribution is 7.84. The lowest BCUT2D eigenvalue weighted by Gasteiger charge is -2.36. The Hall–Kier alpha value is -3.84. The minimum Gasteiger partial charge on any atom is -0.463 e. The average Bonchev–Trinajstić information content (AvgIpc) is 3.63. The van der Waals surface area contributed by atoms with Gasteiger partial charge in [0.2, 0.25) is 5.95 Å². The van der Waals surface area contributed by atoms with Crippen LogP contribution in [0.4, 0.5) is 20.4 Å². The van der Waals surface area contributed by atoms with Crippen LogP contribution in [0.15, 0.2) is 52.2 Å². The van der Waals surface area contributed by atoms with Gasteiger partial charge in [0.25, 0.3) is 0 Å². The molecule has 1 saturated heterocycles. The Bertz CT molecular complexity index is 1620. The molecule has 5 heterocycles. The molecule has 192 valence electrons. The lowest BCUT2D eigenvalue weighted by Crippen LogP contribution is -2.47. The third-order valence-corrected chi connectivity index (χ3v) is 7.59. The lowest BCUT2D eigenvalue weighted by molar-refractivity contribution is 0.248. The van der Waals surface area contributed by atoms with Crippen molar-refractivity contribution < 1.29 is 17.4 Å². The van der Waals surface area contributed by atoms with Crippen molar-refractivity contribution in [3.05, 3.63) is 54.6 Å². The topological polar surface area (TPSA) is 111 Å². The largest absolute Gasteiger partial charge is 0.463 e. The minimum atomic E-state index is -1.53. The summed E-state index contributed by atoms with van der Waals surface area (Å²) < 4.78 is 49.2. The molecule has 1 fully saturated rings. The molecule has 0 spiro atoms. The van der Waals surface area contributed by atoms with Crippen LogP contribution in [0.5, 0.6) is 0 Å². The van der Waals surface area contributed by atoms with Gasteiger partial charge in [-0.3, -0.25) is 9.11 Å². The Morgan fingerprint density at radius 1 is 1.11 bits per heavy atom. The van der Waals surface area contributed by atoms with Crippen molar-refractivity contribution in [2.75, 3.05) is 49.6 Å². The van der Waals surface area contributed by atoms with Gasteiger partial charge in [-0.1, -0.05) is 0 Å². The summed E-state index contributed by atoms with van der Waals surface area (Å²) in [7, 11) is -1.53. The smallest absolute Gasteiger partial charge is 0.223 e. The SMILES string of the molecule is C[S@](=O)c1cc(N2CCN(CCn3cnc4c3nc(N)n3nc(-c5ccco5)cc43)CC2)c(F)cc1F. The standard InChI is InChI=1S/C24H24F2N8O2S/c1-37(35)21-13-18(15(25)11-16(21)26)32-7-4-31(5-8-32)6-9-33-14-28-22-19-12-17(20-3-2-10-36-20)30-34(19)24(27)29-23(22)33/h2-3,10-14H,4-9H2,1H3,(H2,27,29)/t37-/m0/s1. The Morgan fingerprint density at radius 2 is 1.92 bits per heavy atom. The Balaban J connectivity index is 1.16. The van der Waals surface area contributed by atoms with Gasteiger partial charge in [-0.15, -0.1) is 0 Å². The maximum Gasteiger partial charge on any atom is 0.223 e. The number of nitrogen functional groups attached to an aromatic ring is 1. The number of nitrogens with two attached hydrogens (primary N) is 1. The van der Waals surface area contributed by atoms with Crippen LogP contribution in [0.3, 0.4) is 0 Å². The van der Waals surface area contributed by atoms with Crippen LogP contribution in [0.2, 0.25) is 0 Å². The number of furan rings is 1. The van der Waals surface area contributed by atoms with Crippen LogP contribution in [-0.2, 0) is 17.3 Å². The monoisotopic (exact) mass is 526 g/mol. The summed E-state index contributed by atoms with van der Waals surface area (Å²) in [4.78, 5) is 13.2. The fraction of sp³-hybridized carbons (Fsp3) is 0.292. The Morgan fingerprint density at radius 3 is 2.65 bits per heavy atom. The van der Waals surface area contributed by atoms with E-state index in [1.54, 1.807) is 23.2 Å². The van der Waals surface area contributed by atoms with E-state index in [1.807, 2.05) is 21.6 Å². The molecule has 0 amide bonds. The highest BCUT2D eigenvalue weighted by Gasteiger charge is 2.23. The second-order valence-electron chi connectivity index (χ2n) is 8.90. The van der Waals surface area contributed by atoms with Crippen molar-refractivity contribution in [2.24, 2.45) is 0 Å². The fourth-order valence-corrected chi connectivity index (χ4v) is 5.32. The third-order valence-electron chi connectivity index (χ3n) is 6.65. The van der Waals surface area contributed by atoms with Gasteiger partial charge in [0, 0.05) is 51.6 Å². The number of hydrogen-bond acceptors (Lipinski definition) is 8. The average molecular weight is 527 g/mol. The van der Waals surface area contributed by atoms with Crippen LogP contribution in [0, 0.1) is 11.6 Å². The van der Waals surface area contributed by atoms with E-state index in [9.17, 15) is 13.0 Å². The van der Waals surface area contributed by atoms with E-state index in [4.69, 9.17) is 10.2 Å². The van der Waals surface area contributed by atoms with Gasteiger partial charge in [0.05, 0.1) is 34.0 Å². The number of anilines is 2. The second kappa shape index (κ2) is 9.23. The Kier molecular flexibility index (Phi) is 5.88. The summed E-state index contributed by atoms with van der Waals surface area (Å²) in [6.45, 7) is 3.91. The number of nitrogens with zero attached hydrogens (tertiary/aromatic N) is 7. The van der Waals surface area contributed by atoms with Crippen LogP contribution < -0.4 is 10.6 Å². The van der Waals surface area contributed by atoms with Gasteiger partial charge in [-0.2, -0.15) is 14.6 Å². The molecule has 37 heavy (non-hydrogen) atoms. The van der Waals surface area contributed by atoms with Crippen molar-refractivity contribution in [1.82, 2.24) is 29.0 Å². The van der Waals surface area contributed by atoms with Crippen LogP contribution in [-0.4, -0.2) is 72.2 Å². The van der Waals surface area contributed by atoms with E-state index < -0.39 is 22.4 Å². The first-order valence-corrected chi connectivity index (χ1v) is 13.3. The van der Waals surface area contributed by atoms with Crippen LogP contribution >= 0.6 is 0 Å². The number of halogens is 2. The van der Waals surface area contributed by atoms with Crippen LogP contribution in [0.25, 0.3) is 28.1 Å². The third kappa shape index (κ3) is 4.23. The first-order valence-electron chi connectivity index (χ1n) is 11.7. The molecule has 1 aromatic carbocycles. The number of hydrogen-bond donors (Lipinski definition) is 1. The summed E-state index contributed by atoms with van der Waals surface area (Å²) in [5, 5.41) is 4.50. The molecule has 1 atom stereocenters. The molecule has 2 N–H and O–H groups in total. The minimum absolute atomic E-state index is 0.0150. The molecule has 13 heteroatoms. The van der Waals surface area contributed by atoms with E-state index in [-0.39, 0.29) is 16.5 Å². The van der Waals surface area contributed by atoms with Crippen molar-refractivity contribution >= 4 is 39.1 Å². The van der Waals surface area contributed by atoms with E-state index in [2.05, 4.69) is 20.0 Å². The van der Waals surface area contributed by atoms with Gasteiger partial charge in [0.15, 0.2) is 11.4 Å². The molecule has 0 aliphatic carbocycles. The van der Waals surface area contributed by atoms with Gasteiger partial charge in [0.1, 0.15) is 28.4 Å². The first kappa shape index (κ1) is 23.6. The number of fused-ring (bicyclic) bond motifs is 3. The Labute approximate surface area is 212 Å². The molecule has 0 unspecified atom stereocenters. The zero-order valence-corrected chi connectivity index (χ0v) is 20.8. The van der Waals surface area contributed by atoms with Gasteiger partial charge in [-0.05, 0) is 24.3 Å². The highest BCUT2D eigenvalue weighted by atomic mass is 32.2. The predicted octanol–water partition coefficient (Wildman–Crippen LogP) is 2.76. The summed E-state index contributed by atoms with van der Waals surface area (Å²) in [6, 6.07) is 7.68. The van der Waals surface area contributed by atoms with Crippen molar-refractivity contribution in [3.8, 4) is 11.5 Å². The summed E-state index contributed by atoms with van der Waals surface area (Å²) in [6.07, 6.45) is 4.72. The van der Waals surface area contributed by atoms with E-state index in [0.29, 0.717) is 55.3 Å². The molecule has 0 saturated carbocycles. The summed E-state index contributed by atoms with van der Waals surface area (Å²) in [5.74, 6) is -0.540. The quantitative estimate of drug-likeness (QED) is 0.360. The lowest BCUT2D eigenvalue weighted by atomic mass is 10.2. The molecule has 10 nitrogen and oxygen atoms in total. The van der Waals surface area contributed by atoms with Gasteiger partial charge in [-0.25, -0.2) is 13.8 Å². The molecule has 0 radical (unpaired) electrons. The van der Waals surface area contributed by atoms with Gasteiger partial charge >= 0.3 is 0 Å². The number of aromatic nitrogens is 5. The maximum atomic E-state index is 14.4. The van der Waals surface area contributed by atoms with Crippen LogP contribution in [0.1, 0.15) is 0 Å². The van der Waals surface area contributed by atoms with E-state index >= 15 is 0 Å². The molecule has 1 aliphatic heterocycles. The normalized spacial score (nSPS) is 15.7. The van der Waals surface area contributed by atoms with Crippen molar-refractivity contribution in [1.29, 1.82) is 0 Å². The predicted molar refractivity (Wildman–Crippen MR) is 136 cm³/mol. The van der Waals surface area contributed by atoms with Crippen molar-refractivity contribution in [3.63, 3.8) is 0 Å². The number of piperazine rings is 1. The molecule has 1 aliphatic rings.